The number of amides is 1. The zero-order valence-corrected chi connectivity index (χ0v) is 13.3. The van der Waals surface area contributed by atoms with Gasteiger partial charge in [-0.2, -0.15) is 0 Å². The van der Waals surface area contributed by atoms with Crippen molar-refractivity contribution in [1.82, 2.24) is 10.3 Å². The number of nitrogens with one attached hydrogen (secondary N) is 1. The summed E-state index contributed by atoms with van der Waals surface area (Å²) in [6, 6.07) is 12.4. The molecule has 4 nitrogen and oxygen atoms in total. The van der Waals surface area contributed by atoms with Crippen LogP contribution in [-0.2, 0) is 11.2 Å². The molecule has 116 valence electrons. The molecule has 0 aliphatic rings. The number of hydrogen-bond acceptors (Lipinski definition) is 3. The fourth-order valence-corrected chi connectivity index (χ4v) is 2.40. The van der Waals surface area contributed by atoms with E-state index in [1.807, 2.05) is 26.0 Å². The maximum absolute atomic E-state index is 11.0. The number of carbonyl (C=O) groups excluding carboxylic acids is 1. The lowest BCUT2D eigenvalue weighted by Gasteiger charge is -2.13. The quantitative estimate of drug-likeness (QED) is 0.891. The number of carbonyl (C=O) groups is 1. The van der Waals surface area contributed by atoms with E-state index in [-0.39, 0.29) is 11.9 Å². The number of hydrogen-bond donors (Lipinski definition) is 1. The molecule has 1 aromatic carbocycles. The Morgan fingerprint density at radius 1 is 1.23 bits per heavy atom. The highest BCUT2D eigenvalue weighted by Gasteiger charge is 2.06. The van der Waals surface area contributed by atoms with Gasteiger partial charge in [-0.25, -0.2) is 4.98 Å². The van der Waals surface area contributed by atoms with Crippen LogP contribution >= 0.6 is 0 Å². The molecule has 1 amide bonds. The number of aromatic nitrogens is 1. The molecule has 1 unspecified atom stereocenters. The summed E-state index contributed by atoms with van der Waals surface area (Å²) in [6.07, 6.45) is 2.58. The van der Waals surface area contributed by atoms with Gasteiger partial charge < -0.3 is 10.1 Å². The van der Waals surface area contributed by atoms with Gasteiger partial charge in [0.25, 0.3) is 0 Å². The monoisotopic (exact) mass is 298 g/mol. The molecule has 2 rings (SSSR count). The first kappa shape index (κ1) is 16.0. The Hall–Kier alpha value is -2.36. The van der Waals surface area contributed by atoms with E-state index >= 15 is 0 Å². The third-order valence-electron chi connectivity index (χ3n) is 3.31. The smallest absolute Gasteiger partial charge is 0.217 e. The van der Waals surface area contributed by atoms with Gasteiger partial charge >= 0.3 is 0 Å². The summed E-state index contributed by atoms with van der Waals surface area (Å²) in [5.74, 6) is 0.646. The van der Waals surface area contributed by atoms with Gasteiger partial charge in [0, 0.05) is 25.2 Å². The average molecular weight is 298 g/mol. The van der Waals surface area contributed by atoms with Crippen molar-refractivity contribution in [2.75, 3.05) is 6.61 Å². The van der Waals surface area contributed by atoms with Crippen LogP contribution in [0.3, 0.4) is 0 Å². The zero-order chi connectivity index (χ0) is 15.9. The molecule has 0 fully saturated rings. The molecular formula is C18H22N2O2. The molecule has 0 spiro atoms. The fourth-order valence-electron chi connectivity index (χ4n) is 2.40. The van der Waals surface area contributed by atoms with Gasteiger partial charge in [0.1, 0.15) is 0 Å². The van der Waals surface area contributed by atoms with E-state index in [0.29, 0.717) is 12.5 Å². The van der Waals surface area contributed by atoms with E-state index in [1.54, 1.807) is 13.1 Å². The van der Waals surface area contributed by atoms with Gasteiger partial charge in [0.05, 0.1) is 6.61 Å². The van der Waals surface area contributed by atoms with Crippen LogP contribution in [0.25, 0.3) is 11.1 Å². The molecule has 0 aliphatic carbocycles. The average Bonchev–Trinajstić information content (AvgIpc) is 2.48. The SMILES string of the molecule is CCOc1cc(-c2ccc(CC(C)NC(C)=O)cc2)ccn1. The van der Waals surface area contributed by atoms with E-state index in [9.17, 15) is 4.79 Å². The Kier molecular flexibility index (Phi) is 5.53. The minimum absolute atomic E-state index is 0.00404. The van der Waals surface area contributed by atoms with Crippen LogP contribution < -0.4 is 10.1 Å². The Balaban J connectivity index is 2.08. The summed E-state index contributed by atoms with van der Waals surface area (Å²) in [4.78, 5) is 15.2. The van der Waals surface area contributed by atoms with Gasteiger partial charge in [-0.05, 0) is 43.0 Å². The van der Waals surface area contributed by atoms with Crippen molar-refractivity contribution in [2.24, 2.45) is 0 Å². The Bertz CT molecular complexity index is 623. The molecule has 0 aliphatic heterocycles. The predicted molar refractivity (Wildman–Crippen MR) is 87.8 cm³/mol. The highest BCUT2D eigenvalue weighted by atomic mass is 16.5. The lowest BCUT2D eigenvalue weighted by Crippen LogP contribution is -2.31. The van der Waals surface area contributed by atoms with Crippen LogP contribution in [0, 0.1) is 0 Å². The highest BCUT2D eigenvalue weighted by Crippen LogP contribution is 2.23. The normalized spacial score (nSPS) is 11.8. The van der Waals surface area contributed by atoms with Crippen LogP contribution in [0.15, 0.2) is 42.6 Å². The standard InChI is InChI=1S/C18H22N2O2/c1-4-22-18-12-17(9-10-19-18)16-7-5-15(6-8-16)11-13(2)20-14(3)21/h5-10,12-13H,4,11H2,1-3H3,(H,20,21). The third kappa shape index (κ3) is 4.58. The molecule has 4 heteroatoms. The minimum Gasteiger partial charge on any atom is -0.478 e. The molecular weight excluding hydrogens is 276 g/mol. The Morgan fingerprint density at radius 2 is 1.95 bits per heavy atom. The number of rotatable bonds is 6. The van der Waals surface area contributed by atoms with E-state index in [4.69, 9.17) is 4.74 Å². The third-order valence-corrected chi connectivity index (χ3v) is 3.31. The minimum atomic E-state index is 0.00404. The summed E-state index contributed by atoms with van der Waals surface area (Å²) in [5.41, 5.74) is 3.41. The van der Waals surface area contributed by atoms with Gasteiger partial charge in [0.2, 0.25) is 11.8 Å². The lowest BCUT2D eigenvalue weighted by molar-refractivity contribution is -0.119. The van der Waals surface area contributed by atoms with Crippen LogP contribution in [-0.4, -0.2) is 23.5 Å². The number of pyridine rings is 1. The Labute approximate surface area is 131 Å². The highest BCUT2D eigenvalue weighted by molar-refractivity contribution is 5.73. The zero-order valence-electron chi connectivity index (χ0n) is 13.3. The topological polar surface area (TPSA) is 51.2 Å². The maximum Gasteiger partial charge on any atom is 0.217 e. The van der Waals surface area contributed by atoms with Crippen molar-refractivity contribution in [1.29, 1.82) is 0 Å². The molecule has 0 bridgehead atoms. The summed E-state index contributed by atoms with van der Waals surface area (Å²) in [7, 11) is 0. The second-order valence-electron chi connectivity index (χ2n) is 5.32. The largest absolute Gasteiger partial charge is 0.478 e. The van der Waals surface area contributed by atoms with Crippen molar-refractivity contribution in [2.45, 2.75) is 33.2 Å². The lowest BCUT2D eigenvalue weighted by atomic mass is 10.0. The second kappa shape index (κ2) is 7.59. The van der Waals surface area contributed by atoms with Crippen molar-refractivity contribution >= 4 is 5.91 Å². The van der Waals surface area contributed by atoms with Crippen molar-refractivity contribution in [3.05, 3.63) is 48.2 Å². The van der Waals surface area contributed by atoms with Crippen LogP contribution in [0.2, 0.25) is 0 Å². The van der Waals surface area contributed by atoms with E-state index in [0.717, 1.165) is 17.5 Å². The molecule has 2 aromatic rings. The molecule has 1 aromatic heterocycles. The van der Waals surface area contributed by atoms with Crippen molar-refractivity contribution < 1.29 is 9.53 Å². The first-order valence-electron chi connectivity index (χ1n) is 7.53. The van der Waals surface area contributed by atoms with E-state index < -0.39 is 0 Å². The molecule has 0 saturated carbocycles. The number of nitrogens with zero attached hydrogens (tertiary/aromatic N) is 1. The van der Waals surface area contributed by atoms with Crippen LogP contribution in [0.5, 0.6) is 5.88 Å². The first-order chi connectivity index (χ1) is 10.6. The maximum atomic E-state index is 11.0. The number of benzene rings is 1. The number of ether oxygens (including phenoxy) is 1. The van der Waals surface area contributed by atoms with Crippen LogP contribution in [0.1, 0.15) is 26.3 Å². The van der Waals surface area contributed by atoms with Gasteiger partial charge in [-0.15, -0.1) is 0 Å². The summed E-state index contributed by atoms with van der Waals surface area (Å²) >= 11 is 0. The molecule has 0 saturated heterocycles. The first-order valence-corrected chi connectivity index (χ1v) is 7.53. The molecule has 0 radical (unpaired) electrons. The summed E-state index contributed by atoms with van der Waals surface area (Å²) in [6.45, 7) is 6.10. The van der Waals surface area contributed by atoms with Gasteiger partial charge in [0.15, 0.2) is 0 Å². The summed E-state index contributed by atoms with van der Waals surface area (Å²) in [5, 5.41) is 2.90. The van der Waals surface area contributed by atoms with Gasteiger partial charge in [-0.1, -0.05) is 24.3 Å². The summed E-state index contributed by atoms with van der Waals surface area (Å²) < 4.78 is 5.43. The van der Waals surface area contributed by atoms with Gasteiger partial charge in [-0.3, -0.25) is 4.79 Å². The molecule has 1 heterocycles. The van der Waals surface area contributed by atoms with Crippen LogP contribution in [0.4, 0.5) is 0 Å². The predicted octanol–water partition coefficient (Wildman–Crippen LogP) is 3.21. The second-order valence-corrected chi connectivity index (χ2v) is 5.32. The van der Waals surface area contributed by atoms with E-state index in [2.05, 4.69) is 34.6 Å². The molecule has 1 N–H and O–H groups in total. The van der Waals surface area contributed by atoms with Crippen molar-refractivity contribution in [3.63, 3.8) is 0 Å². The fraction of sp³-hybridized carbons (Fsp3) is 0.333. The molecule has 1 atom stereocenters. The molecule has 22 heavy (non-hydrogen) atoms. The van der Waals surface area contributed by atoms with Crippen molar-refractivity contribution in [3.8, 4) is 17.0 Å². The van der Waals surface area contributed by atoms with E-state index in [1.165, 1.54) is 5.56 Å². The Morgan fingerprint density at radius 3 is 2.59 bits per heavy atom.